The Kier molecular flexibility index (Phi) is 3.56. The van der Waals surface area contributed by atoms with Gasteiger partial charge in [0.2, 0.25) is 0 Å². The average Bonchev–Trinajstić information content (AvgIpc) is 2.76. The van der Waals surface area contributed by atoms with Gasteiger partial charge >= 0.3 is 0 Å². The summed E-state index contributed by atoms with van der Waals surface area (Å²) in [4.78, 5) is 3.94. The second-order valence-electron chi connectivity index (χ2n) is 3.51. The van der Waals surface area contributed by atoms with Gasteiger partial charge in [0, 0.05) is 6.54 Å². The summed E-state index contributed by atoms with van der Waals surface area (Å²) in [6.45, 7) is 2.07. The van der Waals surface area contributed by atoms with Crippen LogP contribution in [-0.2, 0) is 16.6 Å². The van der Waals surface area contributed by atoms with E-state index in [0.29, 0.717) is 6.54 Å². The Morgan fingerprint density at radius 3 is 2.59 bits per heavy atom. The van der Waals surface area contributed by atoms with E-state index in [0.717, 1.165) is 10.6 Å². The van der Waals surface area contributed by atoms with Gasteiger partial charge in [-0.3, -0.25) is 0 Å². The molecule has 90 valence electrons. The maximum Gasteiger partial charge on any atom is 0.251 e. The fourth-order valence-corrected chi connectivity index (χ4v) is 3.48. The average molecular weight is 268 g/mol. The van der Waals surface area contributed by atoms with E-state index >= 15 is 0 Å². The van der Waals surface area contributed by atoms with Gasteiger partial charge in [-0.05, 0) is 12.5 Å². The van der Waals surface area contributed by atoms with E-state index < -0.39 is 10.0 Å². The summed E-state index contributed by atoms with van der Waals surface area (Å²) >= 11 is 1.17. The van der Waals surface area contributed by atoms with Crippen LogP contribution in [-0.4, -0.2) is 13.4 Å². The minimum absolute atomic E-state index is 0.255. The first-order valence-corrected chi connectivity index (χ1v) is 7.34. The van der Waals surface area contributed by atoms with Crippen molar-refractivity contribution in [1.29, 1.82) is 0 Å². The van der Waals surface area contributed by atoms with Crippen molar-refractivity contribution in [3.05, 3.63) is 47.1 Å². The molecule has 6 heteroatoms. The molecule has 1 aromatic carbocycles. The molecule has 0 unspecified atom stereocenters. The molecule has 2 rings (SSSR count). The molecule has 0 atom stereocenters. The van der Waals surface area contributed by atoms with E-state index in [9.17, 15) is 8.42 Å². The fourth-order valence-electron chi connectivity index (χ4n) is 1.31. The van der Waals surface area contributed by atoms with Crippen molar-refractivity contribution in [2.75, 3.05) is 0 Å². The summed E-state index contributed by atoms with van der Waals surface area (Å²) in [5, 5.41) is 0.741. The first-order chi connectivity index (χ1) is 8.08. The van der Waals surface area contributed by atoms with Gasteiger partial charge in [-0.15, -0.1) is 11.3 Å². The SMILES string of the molecule is Cc1ncc(S(=O)(=O)NCc2ccccc2)s1. The first-order valence-electron chi connectivity index (χ1n) is 5.04. The zero-order valence-electron chi connectivity index (χ0n) is 9.25. The van der Waals surface area contributed by atoms with Crippen molar-refractivity contribution >= 4 is 21.4 Å². The molecule has 0 spiro atoms. The van der Waals surface area contributed by atoms with Crippen LogP contribution in [0.3, 0.4) is 0 Å². The molecule has 0 aliphatic heterocycles. The van der Waals surface area contributed by atoms with Crippen LogP contribution in [0.1, 0.15) is 10.6 Å². The molecule has 0 fully saturated rings. The Morgan fingerprint density at radius 1 is 1.29 bits per heavy atom. The van der Waals surface area contributed by atoms with Crippen molar-refractivity contribution < 1.29 is 8.42 Å². The number of rotatable bonds is 4. The molecule has 0 radical (unpaired) electrons. The number of hydrogen-bond acceptors (Lipinski definition) is 4. The molecule has 0 aliphatic carbocycles. The Hall–Kier alpha value is -1.24. The van der Waals surface area contributed by atoms with Crippen LogP contribution in [0.4, 0.5) is 0 Å². The van der Waals surface area contributed by atoms with Crippen molar-refractivity contribution in [3.63, 3.8) is 0 Å². The molecule has 1 N–H and O–H groups in total. The highest BCUT2D eigenvalue weighted by atomic mass is 32.2. The lowest BCUT2D eigenvalue weighted by Gasteiger charge is -2.03. The number of aryl methyl sites for hydroxylation is 1. The Bertz CT molecular complexity index is 591. The van der Waals surface area contributed by atoms with Crippen LogP contribution in [0.5, 0.6) is 0 Å². The fraction of sp³-hybridized carbons (Fsp3) is 0.182. The maximum absolute atomic E-state index is 11.9. The minimum Gasteiger partial charge on any atom is -0.249 e. The molecular weight excluding hydrogens is 256 g/mol. The lowest BCUT2D eigenvalue weighted by atomic mass is 10.2. The van der Waals surface area contributed by atoms with Crippen molar-refractivity contribution in [3.8, 4) is 0 Å². The second kappa shape index (κ2) is 4.95. The predicted molar refractivity (Wildman–Crippen MR) is 67.3 cm³/mol. The molecule has 4 nitrogen and oxygen atoms in total. The quantitative estimate of drug-likeness (QED) is 0.921. The third-order valence-electron chi connectivity index (χ3n) is 2.17. The van der Waals surface area contributed by atoms with E-state index in [1.54, 1.807) is 6.92 Å². The summed E-state index contributed by atoms with van der Waals surface area (Å²) in [7, 11) is -3.43. The van der Waals surface area contributed by atoms with Gasteiger partial charge in [-0.1, -0.05) is 30.3 Å². The number of nitrogens with zero attached hydrogens (tertiary/aromatic N) is 1. The Balaban J connectivity index is 2.09. The standard InChI is InChI=1S/C11H12N2O2S2/c1-9-12-8-11(16-9)17(14,15)13-7-10-5-3-2-4-6-10/h2-6,8,13H,7H2,1H3. The summed E-state index contributed by atoms with van der Waals surface area (Å²) in [6, 6.07) is 9.40. The van der Waals surface area contributed by atoms with Crippen LogP contribution in [0.15, 0.2) is 40.7 Å². The zero-order valence-corrected chi connectivity index (χ0v) is 10.9. The van der Waals surface area contributed by atoms with E-state index in [1.165, 1.54) is 17.5 Å². The van der Waals surface area contributed by atoms with Gasteiger partial charge in [0.25, 0.3) is 10.0 Å². The van der Waals surface area contributed by atoms with Gasteiger partial charge in [0.1, 0.15) is 0 Å². The largest absolute Gasteiger partial charge is 0.251 e. The van der Waals surface area contributed by atoms with Gasteiger partial charge < -0.3 is 0 Å². The highest BCUT2D eigenvalue weighted by Gasteiger charge is 2.16. The molecule has 0 aliphatic rings. The zero-order chi connectivity index (χ0) is 12.3. The molecule has 1 heterocycles. The number of aromatic nitrogens is 1. The second-order valence-corrected chi connectivity index (χ2v) is 6.74. The van der Waals surface area contributed by atoms with Crippen LogP contribution >= 0.6 is 11.3 Å². The van der Waals surface area contributed by atoms with E-state index in [2.05, 4.69) is 9.71 Å². The minimum atomic E-state index is -3.43. The van der Waals surface area contributed by atoms with Crippen molar-refractivity contribution in [2.45, 2.75) is 17.7 Å². The Morgan fingerprint density at radius 2 is 2.00 bits per heavy atom. The highest BCUT2D eigenvalue weighted by molar-refractivity contribution is 7.91. The highest BCUT2D eigenvalue weighted by Crippen LogP contribution is 2.17. The van der Waals surface area contributed by atoms with Crippen LogP contribution in [0.2, 0.25) is 0 Å². The van der Waals surface area contributed by atoms with Crippen LogP contribution < -0.4 is 4.72 Å². The molecular formula is C11H12N2O2S2. The first kappa shape index (κ1) is 12.2. The maximum atomic E-state index is 11.9. The summed E-state index contributed by atoms with van der Waals surface area (Å²) in [6.07, 6.45) is 1.38. The monoisotopic (exact) mass is 268 g/mol. The number of sulfonamides is 1. The summed E-state index contributed by atoms with van der Waals surface area (Å²) in [5.41, 5.74) is 0.928. The smallest absolute Gasteiger partial charge is 0.249 e. The van der Waals surface area contributed by atoms with Crippen molar-refractivity contribution in [1.82, 2.24) is 9.71 Å². The van der Waals surface area contributed by atoms with Crippen LogP contribution in [0, 0.1) is 6.92 Å². The molecule has 0 saturated carbocycles. The number of hydrogen-bond donors (Lipinski definition) is 1. The van der Waals surface area contributed by atoms with E-state index in [1.807, 2.05) is 30.3 Å². The molecule has 0 saturated heterocycles. The molecule has 2 aromatic rings. The predicted octanol–water partition coefficient (Wildman–Crippen LogP) is 1.93. The summed E-state index contributed by atoms with van der Waals surface area (Å²) in [5.74, 6) is 0. The van der Waals surface area contributed by atoms with Gasteiger partial charge in [0.15, 0.2) is 4.21 Å². The lowest BCUT2D eigenvalue weighted by Crippen LogP contribution is -2.22. The van der Waals surface area contributed by atoms with Gasteiger partial charge in [-0.25, -0.2) is 18.1 Å². The topological polar surface area (TPSA) is 59.1 Å². The molecule has 0 bridgehead atoms. The third-order valence-corrected chi connectivity index (χ3v) is 4.95. The van der Waals surface area contributed by atoms with Gasteiger partial charge in [0.05, 0.1) is 11.2 Å². The van der Waals surface area contributed by atoms with E-state index in [4.69, 9.17) is 0 Å². The lowest BCUT2D eigenvalue weighted by molar-refractivity contribution is 0.583. The van der Waals surface area contributed by atoms with Gasteiger partial charge in [-0.2, -0.15) is 0 Å². The normalized spacial score (nSPS) is 11.6. The third kappa shape index (κ3) is 3.12. The van der Waals surface area contributed by atoms with E-state index in [-0.39, 0.29) is 4.21 Å². The van der Waals surface area contributed by atoms with Crippen molar-refractivity contribution in [2.24, 2.45) is 0 Å². The number of benzene rings is 1. The number of thiazole rings is 1. The molecule has 1 aromatic heterocycles. The Labute approximate surface area is 104 Å². The van der Waals surface area contributed by atoms with Crippen LogP contribution in [0.25, 0.3) is 0 Å². The molecule has 0 amide bonds. The summed E-state index contributed by atoms with van der Waals surface area (Å²) < 4.78 is 26.6. The molecule has 17 heavy (non-hydrogen) atoms. The number of nitrogens with one attached hydrogen (secondary N) is 1.